The number of nitrogens with one attached hydrogen (secondary N) is 1. The Morgan fingerprint density at radius 2 is 1.61 bits per heavy atom. The van der Waals surface area contributed by atoms with Crippen molar-refractivity contribution in [3.8, 4) is 5.69 Å². The highest BCUT2D eigenvalue weighted by atomic mass is 16.7. The third-order valence-electron chi connectivity index (χ3n) is 19.7. The first-order valence-electron chi connectivity index (χ1n) is 25.9. The summed E-state index contributed by atoms with van der Waals surface area (Å²) in [4.78, 5) is 27.3. The molecule has 0 spiro atoms. The van der Waals surface area contributed by atoms with E-state index in [9.17, 15) is 35.1 Å². The summed E-state index contributed by atoms with van der Waals surface area (Å²) in [6.45, 7) is 21.7. The molecule has 0 radical (unpaired) electrons. The monoisotopic (exact) mass is 977 g/mol. The number of nitrogens with zero attached hydrogens (tertiary/aromatic N) is 3. The summed E-state index contributed by atoms with van der Waals surface area (Å²) in [6, 6.07) is 5.13. The molecule has 0 bridgehead atoms. The second kappa shape index (κ2) is 18.6. The normalized spacial score (nSPS) is 43.1. The van der Waals surface area contributed by atoms with Gasteiger partial charge >= 0.3 is 5.97 Å². The van der Waals surface area contributed by atoms with Gasteiger partial charge < -0.3 is 54.5 Å². The summed E-state index contributed by atoms with van der Waals surface area (Å²) < 4.78 is 32.5. The number of fused-ring (bicyclic) bond motifs is 7. The van der Waals surface area contributed by atoms with Gasteiger partial charge in [-0.3, -0.25) is 9.59 Å². The summed E-state index contributed by atoms with van der Waals surface area (Å²) in [5.74, 6) is 0.183. The Hall–Kier alpha value is -3.32. The summed E-state index contributed by atoms with van der Waals surface area (Å²) in [5.41, 5.74) is 4.21. The minimum atomic E-state index is -1.55. The van der Waals surface area contributed by atoms with Crippen molar-refractivity contribution in [1.29, 1.82) is 0 Å². The number of aromatic nitrogens is 3. The Bertz CT molecular complexity index is 2320. The van der Waals surface area contributed by atoms with E-state index in [1.54, 1.807) is 4.68 Å². The fourth-order valence-electron chi connectivity index (χ4n) is 15.5. The van der Waals surface area contributed by atoms with Crippen molar-refractivity contribution in [2.24, 2.45) is 50.2 Å². The quantitative estimate of drug-likeness (QED) is 0.0981. The summed E-state index contributed by atoms with van der Waals surface area (Å²) in [5, 5.41) is 64.8. The van der Waals surface area contributed by atoms with Crippen LogP contribution in [0.4, 0.5) is 0 Å². The fourth-order valence-corrected chi connectivity index (χ4v) is 15.5. The Kier molecular flexibility index (Phi) is 13.7. The smallest absolute Gasteiger partial charge is 0.313 e. The van der Waals surface area contributed by atoms with Gasteiger partial charge in [0, 0.05) is 6.92 Å². The predicted molar refractivity (Wildman–Crippen MR) is 257 cm³/mol. The molecule has 5 aliphatic carbocycles. The molecule has 388 valence electrons. The average molecular weight is 977 g/mol. The highest BCUT2D eigenvalue weighted by Gasteiger charge is 2.70. The van der Waals surface area contributed by atoms with E-state index in [2.05, 4.69) is 96.2 Å². The number of carbonyl (C=O) groups excluding carboxylic acids is 2. The summed E-state index contributed by atoms with van der Waals surface area (Å²) in [7, 11) is 0. The third-order valence-corrected chi connectivity index (χ3v) is 19.7. The number of hydrogen-bond donors (Lipinski definition) is 6. The standard InChI is InChI=1S/C54H80N4O12/c1-29-11-13-35(30(2)23-29)58-25-32(56-57-58)26-68-48(65)54-21-19-49(4,5)24-34(54)33-12-14-39-51(8)17-16-40(50(6,7)38(51)15-18-53(39,10)52(33,9)20-22-54)70-46-41(55-31(3)59)44(63)43(62)37(69-46)28-67-47-45(64)42(61)36(60)27-66-47/h11-13,23,25,34,36-47,60-64H,14-22,24,26-28H2,1-10H3,(H,55,59)/t34-,36-,37+,38-,39+,40-,41+,42-,43+,44+,45-,46-,47-,51-,52+,53+,54-/m0/s1. The molecule has 9 rings (SSSR count). The minimum absolute atomic E-state index is 0.0312. The van der Waals surface area contributed by atoms with Crippen LogP contribution in [0.15, 0.2) is 36.0 Å². The number of rotatable bonds is 10. The van der Waals surface area contributed by atoms with Crippen LogP contribution in [-0.2, 0) is 39.9 Å². The molecular formula is C54H80N4O12. The van der Waals surface area contributed by atoms with Crippen molar-refractivity contribution in [3.63, 3.8) is 0 Å². The lowest BCUT2D eigenvalue weighted by Gasteiger charge is -2.71. The van der Waals surface area contributed by atoms with Gasteiger partial charge in [-0.25, -0.2) is 4.68 Å². The lowest BCUT2D eigenvalue weighted by Crippen LogP contribution is -2.67. The first-order chi connectivity index (χ1) is 32.8. The van der Waals surface area contributed by atoms with Crippen LogP contribution in [-0.4, -0.2) is 127 Å². The average Bonchev–Trinajstić information content (AvgIpc) is 3.76. The molecule has 70 heavy (non-hydrogen) atoms. The van der Waals surface area contributed by atoms with Crippen molar-refractivity contribution in [2.45, 2.75) is 201 Å². The van der Waals surface area contributed by atoms with Gasteiger partial charge in [-0.05, 0) is 135 Å². The maximum absolute atomic E-state index is 14.8. The van der Waals surface area contributed by atoms with E-state index in [1.807, 2.05) is 12.3 Å². The maximum atomic E-state index is 14.8. The first-order valence-corrected chi connectivity index (χ1v) is 25.9. The van der Waals surface area contributed by atoms with Crippen LogP contribution in [0.5, 0.6) is 0 Å². The molecule has 1 aromatic heterocycles. The Morgan fingerprint density at radius 1 is 0.871 bits per heavy atom. The third kappa shape index (κ3) is 8.60. The molecule has 2 saturated heterocycles. The molecule has 6 fully saturated rings. The number of allylic oxidation sites excluding steroid dienone is 2. The van der Waals surface area contributed by atoms with Crippen molar-refractivity contribution < 1.29 is 58.8 Å². The fraction of sp³-hybridized carbons (Fsp3) is 0.778. The van der Waals surface area contributed by atoms with Gasteiger partial charge in [-0.2, -0.15) is 0 Å². The number of benzene rings is 1. The maximum Gasteiger partial charge on any atom is 0.313 e. The van der Waals surface area contributed by atoms with E-state index < -0.39 is 66.6 Å². The molecule has 16 nitrogen and oxygen atoms in total. The number of hydrogen-bond acceptors (Lipinski definition) is 14. The molecule has 16 heteroatoms. The van der Waals surface area contributed by atoms with Crippen molar-refractivity contribution >= 4 is 11.9 Å². The van der Waals surface area contributed by atoms with E-state index in [0.29, 0.717) is 18.0 Å². The van der Waals surface area contributed by atoms with Crippen molar-refractivity contribution in [3.05, 3.63) is 52.9 Å². The molecule has 1 amide bonds. The van der Waals surface area contributed by atoms with E-state index in [1.165, 1.54) is 18.1 Å². The lowest BCUT2D eigenvalue weighted by atomic mass is 9.33. The molecule has 2 aliphatic heterocycles. The summed E-state index contributed by atoms with van der Waals surface area (Å²) in [6.07, 6.45) is 2.14. The van der Waals surface area contributed by atoms with Crippen molar-refractivity contribution in [1.82, 2.24) is 20.3 Å². The number of aryl methyl sites for hydroxylation is 2. The number of carbonyl (C=O) groups is 2. The lowest BCUT2D eigenvalue weighted by molar-refractivity contribution is -0.322. The van der Waals surface area contributed by atoms with Gasteiger partial charge in [0.15, 0.2) is 12.6 Å². The van der Waals surface area contributed by atoms with Gasteiger partial charge in [0.25, 0.3) is 0 Å². The summed E-state index contributed by atoms with van der Waals surface area (Å²) >= 11 is 0. The SMILES string of the molecule is CC(=O)N[C@H]1[C@H](O[C@H]2CC[C@]3(C)[C@H]4CC=C5[C@@H]6CC(C)(C)CC[C@]6(C(=O)OCc6cn(-c7ccc(C)cc7C)nn6)CC[C@@]5(C)[C@]4(C)CC[C@H]3C2(C)C)O[C@H](CO[C@@H]2OC[C@H](O)[C@H](O)[C@@H]2O)[C@@H](O)[C@@H]1O. The topological polar surface area (TPSA) is 224 Å². The zero-order valence-electron chi connectivity index (χ0n) is 43.0. The second-order valence-corrected chi connectivity index (χ2v) is 24.7. The van der Waals surface area contributed by atoms with E-state index in [4.69, 9.17) is 23.7 Å². The van der Waals surface area contributed by atoms with Gasteiger partial charge in [-0.1, -0.05) is 83.0 Å². The van der Waals surface area contributed by atoms with Gasteiger partial charge in [0.05, 0.1) is 36.6 Å². The Balaban J connectivity index is 0.926. The van der Waals surface area contributed by atoms with Crippen LogP contribution < -0.4 is 5.32 Å². The zero-order chi connectivity index (χ0) is 50.5. The van der Waals surface area contributed by atoms with Crippen LogP contribution in [0.1, 0.15) is 136 Å². The second-order valence-electron chi connectivity index (χ2n) is 24.7. The number of amides is 1. The number of aliphatic hydroxyl groups excluding tert-OH is 5. The number of aliphatic hydroxyl groups is 5. The highest BCUT2D eigenvalue weighted by molar-refractivity contribution is 5.79. The van der Waals surface area contributed by atoms with E-state index in [0.717, 1.165) is 69.0 Å². The molecule has 3 heterocycles. The zero-order valence-corrected chi connectivity index (χ0v) is 43.0. The molecule has 2 aromatic rings. The molecule has 7 aliphatic rings. The minimum Gasteiger partial charge on any atom is -0.459 e. The van der Waals surface area contributed by atoms with Crippen LogP contribution >= 0.6 is 0 Å². The van der Waals surface area contributed by atoms with Crippen LogP contribution in [0, 0.1) is 64.1 Å². The molecular weight excluding hydrogens is 897 g/mol. The molecule has 0 unspecified atom stereocenters. The molecule has 4 saturated carbocycles. The Labute approximate surface area is 413 Å². The van der Waals surface area contributed by atoms with Crippen LogP contribution in [0.25, 0.3) is 5.69 Å². The van der Waals surface area contributed by atoms with Gasteiger partial charge in [0.1, 0.15) is 55.0 Å². The van der Waals surface area contributed by atoms with E-state index >= 15 is 0 Å². The van der Waals surface area contributed by atoms with Gasteiger partial charge in [-0.15, -0.1) is 5.10 Å². The van der Waals surface area contributed by atoms with Gasteiger partial charge in [0.2, 0.25) is 5.91 Å². The first kappa shape index (κ1) is 51.6. The van der Waals surface area contributed by atoms with Crippen LogP contribution in [0.2, 0.25) is 0 Å². The number of esters is 1. The predicted octanol–water partition coefficient (Wildman–Crippen LogP) is 5.52. The number of ether oxygens (including phenoxy) is 5. The molecule has 1 aromatic carbocycles. The Morgan fingerprint density at radius 3 is 2.34 bits per heavy atom. The molecule has 17 atom stereocenters. The van der Waals surface area contributed by atoms with E-state index in [-0.39, 0.29) is 70.8 Å². The molecule has 6 N–H and O–H groups in total. The van der Waals surface area contributed by atoms with Crippen LogP contribution in [0.3, 0.4) is 0 Å². The highest BCUT2D eigenvalue weighted by Crippen LogP contribution is 2.76. The largest absolute Gasteiger partial charge is 0.459 e. The van der Waals surface area contributed by atoms with Crippen molar-refractivity contribution in [2.75, 3.05) is 13.2 Å².